The summed E-state index contributed by atoms with van der Waals surface area (Å²) in [5.74, 6) is 0.504. The van der Waals surface area contributed by atoms with Crippen molar-refractivity contribution in [3.63, 3.8) is 0 Å². The Morgan fingerprint density at radius 1 is 1.13 bits per heavy atom. The molecule has 0 N–H and O–H groups in total. The van der Waals surface area contributed by atoms with Gasteiger partial charge < -0.3 is 4.74 Å². The van der Waals surface area contributed by atoms with Crippen molar-refractivity contribution < 1.29 is 9.13 Å². The second kappa shape index (κ2) is 6.93. The van der Waals surface area contributed by atoms with E-state index in [0.717, 1.165) is 31.8 Å². The summed E-state index contributed by atoms with van der Waals surface area (Å²) in [6, 6.07) is 15.0. The lowest BCUT2D eigenvalue weighted by Gasteiger charge is -2.26. The van der Waals surface area contributed by atoms with Gasteiger partial charge in [0, 0.05) is 31.0 Å². The van der Waals surface area contributed by atoms with E-state index in [1.54, 1.807) is 23.9 Å². The largest absolute Gasteiger partial charge is 0.486 e. The van der Waals surface area contributed by atoms with Crippen LogP contribution in [0.2, 0.25) is 0 Å². The third-order valence-electron chi connectivity index (χ3n) is 4.26. The minimum atomic E-state index is -0.232. The number of likely N-dealkylation sites (tertiary alicyclic amines) is 1. The molecular formula is C19H22FNOS. The van der Waals surface area contributed by atoms with Crippen LogP contribution in [0.3, 0.4) is 0 Å². The van der Waals surface area contributed by atoms with Crippen molar-refractivity contribution in [1.82, 2.24) is 4.90 Å². The molecule has 23 heavy (non-hydrogen) atoms. The van der Waals surface area contributed by atoms with Crippen LogP contribution in [0.15, 0.2) is 53.4 Å². The monoisotopic (exact) mass is 331 g/mol. The molecule has 1 fully saturated rings. The van der Waals surface area contributed by atoms with E-state index in [2.05, 4.69) is 42.3 Å². The van der Waals surface area contributed by atoms with Gasteiger partial charge in [-0.1, -0.05) is 12.1 Å². The highest BCUT2D eigenvalue weighted by Gasteiger charge is 2.35. The fourth-order valence-corrected chi connectivity index (χ4v) is 3.43. The molecule has 2 nitrogen and oxygen atoms in total. The Bertz CT molecular complexity index is 643. The van der Waals surface area contributed by atoms with E-state index in [-0.39, 0.29) is 11.4 Å². The summed E-state index contributed by atoms with van der Waals surface area (Å²) in [5, 5.41) is 0. The molecule has 0 aromatic heterocycles. The molecule has 0 amide bonds. The Labute approximate surface area is 141 Å². The smallest absolute Gasteiger partial charge is 0.123 e. The van der Waals surface area contributed by atoms with E-state index in [1.165, 1.54) is 22.6 Å². The maximum Gasteiger partial charge on any atom is 0.123 e. The molecule has 4 heteroatoms. The Morgan fingerprint density at radius 3 is 2.48 bits per heavy atom. The SMILES string of the molecule is CSc1ccc(CN2CCC(C)(Oc3ccc(F)cc3)C2)cc1. The fourth-order valence-electron chi connectivity index (χ4n) is 3.02. The molecule has 0 aliphatic carbocycles. The third-order valence-corrected chi connectivity index (χ3v) is 5.00. The Morgan fingerprint density at radius 2 is 1.83 bits per heavy atom. The molecule has 0 spiro atoms. The van der Waals surface area contributed by atoms with Crippen molar-refractivity contribution in [1.29, 1.82) is 0 Å². The summed E-state index contributed by atoms with van der Waals surface area (Å²) in [7, 11) is 0. The van der Waals surface area contributed by atoms with Crippen molar-refractivity contribution in [3.05, 3.63) is 59.9 Å². The van der Waals surface area contributed by atoms with Crippen LogP contribution in [0.25, 0.3) is 0 Å². The standard InChI is InChI=1S/C19H22FNOS/c1-19(22-17-7-5-16(20)6-8-17)11-12-21(14-19)13-15-3-9-18(23-2)10-4-15/h3-10H,11-14H2,1-2H3. The number of benzene rings is 2. The van der Waals surface area contributed by atoms with Gasteiger partial charge in [0.15, 0.2) is 0 Å². The number of ether oxygens (including phenoxy) is 1. The molecule has 1 saturated heterocycles. The van der Waals surface area contributed by atoms with Crippen LogP contribution in [0, 0.1) is 5.82 Å². The zero-order valence-corrected chi connectivity index (χ0v) is 14.4. The molecule has 1 aliphatic heterocycles. The van der Waals surface area contributed by atoms with Crippen LogP contribution in [0.1, 0.15) is 18.9 Å². The normalized spacial score (nSPS) is 21.5. The number of rotatable bonds is 5. The molecular weight excluding hydrogens is 309 g/mol. The van der Waals surface area contributed by atoms with Gasteiger partial charge in [0.25, 0.3) is 0 Å². The van der Waals surface area contributed by atoms with E-state index in [4.69, 9.17) is 4.74 Å². The highest BCUT2D eigenvalue weighted by Crippen LogP contribution is 2.29. The minimum Gasteiger partial charge on any atom is -0.486 e. The highest BCUT2D eigenvalue weighted by atomic mass is 32.2. The van der Waals surface area contributed by atoms with Crippen LogP contribution in [0.5, 0.6) is 5.75 Å². The zero-order chi connectivity index (χ0) is 16.3. The first-order chi connectivity index (χ1) is 11.1. The number of nitrogens with zero attached hydrogens (tertiary/aromatic N) is 1. The minimum absolute atomic E-state index is 0.211. The summed E-state index contributed by atoms with van der Waals surface area (Å²) < 4.78 is 19.1. The van der Waals surface area contributed by atoms with Gasteiger partial charge in [-0.3, -0.25) is 4.90 Å². The summed E-state index contributed by atoms with van der Waals surface area (Å²) in [5.41, 5.74) is 1.12. The van der Waals surface area contributed by atoms with Gasteiger partial charge in [0.2, 0.25) is 0 Å². The van der Waals surface area contributed by atoms with Gasteiger partial charge in [-0.25, -0.2) is 4.39 Å². The molecule has 1 aliphatic rings. The molecule has 1 unspecified atom stereocenters. The van der Waals surface area contributed by atoms with E-state index >= 15 is 0 Å². The number of thioether (sulfide) groups is 1. The molecule has 122 valence electrons. The lowest BCUT2D eigenvalue weighted by Crippen LogP contribution is -2.35. The maximum atomic E-state index is 13.0. The number of halogens is 1. The second-order valence-corrected chi connectivity index (χ2v) is 7.19. The zero-order valence-electron chi connectivity index (χ0n) is 13.6. The van der Waals surface area contributed by atoms with Crippen LogP contribution >= 0.6 is 11.8 Å². The van der Waals surface area contributed by atoms with Crippen LogP contribution in [0.4, 0.5) is 4.39 Å². The first kappa shape index (κ1) is 16.3. The van der Waals surface area contributed by atoms with Crippen molar-refractivity contribution in [2.75, 3.05) is 19.3 Å². The summed E-state index contributed by atoms with van der Waals surface area (Å²) in [6.07, 6.45) is 3.07. The van der Waals surface area contributed by atoms with Gasteiger partial charge in [-0.15, -0.1) is 11.8 Å². The molecule has 0 saturated carbocycles. The molecule has 0 bridgehead atoms. The van der Waals surface area contributed by atoms with Crippen molar-refractivity contribution >= 4 is 11.8 Å². The molecule has 1 heterocycles. The predicted octanol–water partition coefficient (Wildman–Crippen LogP) is 4.59. The predicted molar refractivity (Wildman–Crippen MR) is 93.6 cm³/mol. The maximum absolute atomic E-state index is 13.0. The van der Waals surface area contributed by atoms with Gasteiger partial charge in [0.05, 0.1) is 0 Å². The summed E-state index contributed by atoms with van der Waals surface area (Å²) in [4.78, 5) is 3.71. The Balaban J connectivity index is 1.59. The van der Waals surface area contributed by atoms with E-state index in [1.807, 2.05) is 0 Å². The highest BCUT2D eigenvalue weighted by molar-refractivity contribution is 7.98. The lowest BCUT2D eigenvalue weighted by atomic mass is 10.1. The van der Waals surface area contributed by atoms with Gasteiger partial charge in [-0.2, -0.15) is 0 Å². The summed E-state index contributed by atoms with van der Waals surface area (Å²) >= 11 is 1.76. The first-order valence-corrected chi connectivity index (χ1v) is 9.09. The average molecular weight is 331 g/mol. The molecule has 0 radical (unpaired) electrons. The second-order valence-electron chi connectivity index (χ2n) is 6.31. The van der Waals surface area contributed by atoms with E-state index < -0.39 is 0 Å². The van der Waals surface area contributed by atoms with Gasteiger partial charge >= 0.3 is 0 Å². The van der Waals surface area contributed by atoms with Crippen molar-refractivity contribution in [2.45, 2.75) is 30.4 Å². The lowest BCUT2D eigenvalue weighted by molar-refractivity contribution is 0.0949. The van der Waals surface area contributed by atoms with Gasteiger partial charge in [0.1, 0.15) is 17.2 Å². The number of hydrogen-bond acceptors (Lipinski definition) is 3. The molecule has 2 aromatic carbocycles. The first-order valence-electron chi connectivity index (χ1n) is 7.86. The topological polar surface area (TPSA) is 12.5 Å². The summed E-state index contributed by atoms with van der Waals surface area (Å²) in [6.45, 7) is 4.97. The average Bonchev–Trinajstić information content (AvgIpc) is 2.91. The van der Waals surface area contributed by atoms with Crippen LogP contribution in [-0.4, -0.2) is 29.8 Å². The fraction of sp³-hybridized carbons (Fsp3) is 0.368. The van der Waals surface area contributed by atoms with Crippen molar-refractivity contribution in [3.8, 4) is 5.75 Å². The Hall–Kier alpha value is -1.52. The van der Waals surface area contributed by atoms with Crippen LogP contribution in [-0.2, 0) is 6.54 Å². The van der Waals surface area contributed by atoms with Crippen molar-refractivity contribution in [2.24, 2.45) is 0 Å². The Kier molecular flexibility index (Phi) is 4.93. The molecule has 1 atom stereocenters. The quantitative estimate of drug-likeness (QED) is 0.744. The van der Waals surface area contributed by atoms with Gasteiger partial charge in [-0.05, 0) is 55.1 Å². The molecule has 2 aromatic rings. The third kappa shape index (κ3) is 4.27. The van der Waals surface area contributed by atoms with E-state index in [9.17, 15) is 4.39 Å². The molecule has 3 rings (SSSR count). The van der Waals surface area contributed by atoms with Crippen LogP contribution < -0.4 is 4.74 Å². The van der Waals surface area contributed by atoms with E-state index in [0.29, 0.717) is 0 Å². The number of hydrogen-bond donors (Lipinski definition) is 0.